The Morgan fingerprint density at radius 1 is 1.33 bits per heavy atom. The molecule has 1 aromatic rings. The van der Waals surface area contributed by atoms with E-state index in [0.717, 1.165) is 5.56 Å². The number of benzene rings is 1. The Morgan fingerprint density at radius 3 is 2.50 bits per heavy atom. The summed E-state index contributed by atoms with van der Waals surface area (Å²) in [5, 5.41) is 5.20. The molecule has 1 aromatic carbocycles. The summed E-state index contributed by atoms with van der Waals surface area (Å²) in [5.41, 5.74) is 1.66. The summed E-state index contributed by atoms with van der Waals surface area (Å²) in [6.07, 6.45) is 0.113. The van der Waals surface area contributed by atoms with E-state index in [-0.39, 0.29) is 0 Å². The van der Waals surface area contributed by atoms with Crippen LogP contribution in [0.25, 0.3) is 0 Å². The first-order valence-electron chi connectivity index (χ1n) is 5.62. The van der Waals surface area contributed by atoms with E-state index in [1.54, 1.807) is 39.0 Å². The van der Waals surface area contributed by atoms with E-state index in [1.807, 2.05) is 6.92 Å². The molecule has 18 heavy (non-hydrogen) atoms. The van der Waals surface area contributed by atoms with Crippen molar-refractivity contribution in [1.29, 1.82) is 0 Å². The van der Waals surface area contributed by atoms with Crippen LogP contribution in [0.15, 0.2) is 18.2 Å². The van der Waals surface area contributed by atoms with Crippen molar-refractivity contribution in [3.05, 3.63) is 23.8 Å². The van der Waals surface area contributed by atoms with E-state index < -0.39 is 11.7 Å². The van der Waals surface area contributed by atoms with E-state index in [4.69, 9.17) is 4.74 Å². The minimum Gasteiger partial charge on any atom is -0.444 e. The Kier molecular flexibility index (Phi) is 4.31. The largest absolute Gasteiger partial charge is 0.444 e. The second-order valence-electron chi connectivity index (χ2n) is 4.92. The summed E-state index contributed by atoms with van der Waals surface area (Å²) in [6, 6.07) is 5.18. The fraction of sp³-hybridized carbons (Fsp3) is 0.385. The zero-order valence-corrected chi connectivity index (χ0v) is 11.0. The van der Waals surface area contributed by atoms with Gasteiger partial charge in [-0.25, -0.2) is 4.79 Å². The molecule has 0 aliphatic carbocycles. The summed E-state index contributed by atoms with van der Waals surface area (Å²) in [6.45, 7) is 7.24. The summed E-state index contributed by atoms with van der Waals surface area (Å²) >= 11 is 0. The van der Waals surface area contributed by atoms with Crippen LogP contribution in [-0.2, 0) is 9.53 Å². The van der Waals surface area contributed by atoms with Crippen LogP contribution >= 0.6 is 0 Å². The average molecular weight is 250 g/mol. The number of hydrogen-bond acceptors (Lipinski definition) is 3. The van der Waals surface area contributed by atoms with Crippen molar-refractivity contribution in [3.8, 4) is 0 Å². The predicted molar refractivity (Wildman–Crippen MR) is 70.7 cm³/mol. The van der Waals surface area contributed by atoms with Crippen molar-refractivity contribution in [3.63, 3.8) is 0 Å². The quantitative estimate of drug-likeness (QED) is 0.810. The Labute approximate surface area is 107 Å². The summed E-state index contributed by atoms with van der Waals surface area (Å²) in [5.74, 6) is 0. The molecule has 0 heterocycles. The number of nitrogens with one attached hydrogen (secondary N) is 2. The maximum Gasteiger partial charge on any atom is 0.412 e. The Morgan fingerprint density at radius 2 is 2.00 bits per heavy atom. The van der Waals surface area contributed by atoms with Crippen LogP contribution in [0.1, 0.15) is 26.3 Å². The number of carbonyl (C=O) groups is 2. The molecule has 2 amide bonds. The Hall–Kier alpha value is -2.04. The molecule has 2 N–H and O–H groups in total. The third kappa shape index (κ3) is 4.45. The van der Waals surface area contributed by atoms with Crippen LogP contribution in [0, 0.1) is 6.92 Å². The fourth-order valence-electron chi connectivity index (χ4n) is 1.39. The number of amides is 2. The normalized spacial score (nSPS) is 10.7. The van der Waals surface area contributed by atoms with Crippen LogP contribution in [0.3, 0.4) is 0 Å². The molecule has 0 bridgehead atoms. The lowest BCUT2D eigenvalue weighted by Crippen LogP contribution is -2.27. The molecular formula is C13H18N2O3. The predicted octanol–water partition coefficient (Wildman–Crippen LogP) is 2.91. The molecule has 98 valence electrons. The van der Waals surface area contributed by atoms with Gasteiger partial charge < -0.3 is 10.1 Å². The van der Waals surface area contributed by atoms with Gasteiger partial charge in [0.25, 0.3) is 0 Å². The fourth-order valence-corrected chi connectivity index (χ4v) is 1.39. The zero-order chi connectivity index (χ0) is 13.8. The molecule has 0 spiro atoms. The average Bonchev–Trinajstić information content (AvgIpc) is 2.19. The van der Waals surface area contributed by atoms with Crippen LogP contribution in [0.4, 0.5) is 16.2 Å². The molecule has 0 aliphatic rings. The zero-order valence-electron chi connectivity index (χ0n) is 11.0. The van der Waals surface area contributed by atoms with Crippen LogP contribution in [0.2, 0.25) is 0 Å². The molecule has 0 aliphatic heterocycles. The Balaban J connectivity index is 2.71. The van der Waals surface area contributed by atoms with Crippen molar-refractivity contribution in [2.75, 3.05) is 10.6 Å². The highest BCUT2D eigenvalue weighted by Crippen LogP contribution is 2.19. The summed E-state index contributed by atoms with van der Waals surface area (Å²) < 4.78 is 5.14. The van der Waals surface area contributed by atoms with E-state index >= 15 is 0 Å². The summed E-state index contributed by atoms with van der Waals surface area (Å²) in [4.78, 5) is 21.9. The maximum atomic E-state index is 11.5. The van der Waals surface area contributed by atoms with Crippen LogP contribution in [-0.4, -0.2) is 18.1 Å². The van der Waals surface area contributed by atoms with Gasteiger partial charge >= 0.3 is 6.09 Å². The molecule has 5 nitrogen and oxygen atoms in total. The summed E-state index contributed by atoms with van der Waals surface area (Å²) in [7, 11) is 0. The molecule has 1 rings (SSSR count). The molecule has 0 fully saturated rings. The number of hydrogen-bond donors (Lipinski definition) is 2. The topological polar surface area (TPSA) is 67.4 Å². The monoisotopic (exact) mass is 250 g/mol. The van der Waals surface area contributed by atoms with Gasteiger partial charge in [0.2, 0.25) is 6.41 Å². The second kappa shape index (κ2) is 5.53. The third-order valence-electron chi connectivity index (χ3n) is 2.09. The number of aryl methyl sites for hydroxylation is 1. The second-order valence-corrected chi connectivity index (χ2v) is 4.92. The lowest BCUT2D eigenvalue weighted by molar-refractivity contribution is -0.105. The van der Waals surface area contributed by atoms with Crippen molar-refractivity contribution < 1.29 is 14.3 Å². The molecule has 0 radical (unpaired) electrons. The highest BCUT2D eigenvalue weighted by atomic mass is 16.6. The lowest BCUT2D eigenvalue weighted by Gasteiger charge is -2.19. The van der Waals surface area contributed by atoms with Gasteiger partial charge in [-0.3, -0.25) is 10.1 Å². The van der Waals surface area contributed by atoms with Crippen molar-refractivity contribution >= 4 is 23.9 Å². The first-order valence-corrected chi connectivity index (χ1v) is 5.62. The Bertz CT molecular complexity index is 450. The molecule has 0 saturated heterocycles. The highest BCUT2D eigenvalue weighted by Gasteiger charge is 2.16. The molecule has 5 heteroatoms. The van der Waals surface area contributed by atoms with Gasteiger partial charge in [0.15, 0.2) is 0 Å². The van der Waals surface area contributed by atoms with Gasteiger partial charge in [-0.2, -0.15) is 0 Å². The lowest BCUT2D eigenvalue weighted by atomic mass is 10.2. The third-order valence-corrected chi connectivity index (χ3v) is 2.09. The van der Waals surface area contributed by atoms with Gasteiger partial charge in [-0.05, 0) is 51.5 Å². The molecule has 0 aromatic heterocycles. The van der Waals surface area contributed by atoms with E-state index in [9.17, 15) is 9.59 Å². The van der Waals surface area contributed by atoms with E-state index in [1.165, 1.54) is 0 Å². The molecule has 0 atom stereocenters. The number of anilines is 2. The van der Waals surface area contributed by atoms with Crippen molar-refractivity contribution in [1.82, 2.24) is 0 Å². The molecular weight excluding hydrogens is 232 g/mol. The first kappa shape index (κ1) is 14.0. The molecule has 0 saturated carbocycles. The van der Waals surface area contributed by atoms with Crippen molar-refractivity contribution in [2.24, 2.45) is 0 Å². The standard InChI is InChI=1S/C13H18N2O3/c1-9-7-10(5-6-11(9)14-8-16)15-12(17)18-13(2,3)4/h5-8H,1-4H3,(H,14,16)(H,15,17). The smallest absolute Gasteiger partial charge is 0.412 e. The van der Waals surface area contributed by atoms with Gasteiger partial charge in [0.05, 0.1) is 0 Å². The number of rotatable bonds is 3. The molecule has 0 unspecified atom stereocenters. The van der Waals surface area contributed by atoms with Gasteiger partial charge in [0, 0.05) is 11.4 Å². The highest BCUT2D eigenvalue weighted by molar-refractivity contribution is 5.86. The van der Waals surface area contributed by atoms with Crippen LogP contribution < -0.4 is 10.6 Å². The number of ether oxygens (including phenoxy) is 1. The number of carbonyl (C=O) groups excluding carboxylic acids is 2. The maximum absolute atomic E-state index is 11.5. The van der Waals surface area contributed by atoms with Gasteiger partial charge in [-0.15, -0.1) is 0 Å². The minimum atomic E-state index is -0.530. The van der Waals surface area contributed by atoms with E-state index in [2.05, 4.69) is 10.6 Å². The van der Waals surface area contributed by atoms with E-state index in [0.29, 0.717) is 17.8 Å². The van der Waals surface area contributed by atoms with Gasteiger partial charge in [-0.1, -0.05) is 0 Å². The van der Waals surface area contributed by atoms with Gasteiger partial charge in [0.1, 0.15) is 5.60 Å². The first-order chi connectivity index (χ1) is 8.31. The SMILES string of the molecule is Cc1cc(NC(=O)OC(C)(C)C)ccc1NC=O. The van der Waals surface area contributed by atoms with Crippen LogP contribution in [0.5, 0.6) is 0 Å². The van der Waals surface area contributed by atoms with Crippen molar-refractivity contribution in [2.45, 2.75) is 33.3 Å². The minimum absolute atomic E-state index is 0.502.